The van der Waals surface area contributed by atoms with Crippen LogP contribution in [-0.2, 0) is 9.53 Å². The van der Waals surface area contributed by atoms with Gasteiger partial charge in [-0.2, -0.15) is 0 Å². The van der Waals surface area contributed by atoms with Gasteiger partial charge in [-0.15, -0.1) is 10.2 Å². The fourth-order valence-electron chi connectivity index (χ4n) is 1.92. The van der Waals surface area contributed by atoms with E-state index in [0.717, 1.165) is 15.8 Å². The highest BCUT2D eigenvalue weighted by molar-refractivity contribution is 8.01. The minimum atomic E-state index is -0.469. The largest absolute Gasteiger partial charge is 0.366 e. The molecule has 2 aromatic rings. The number of aromatic nitrogens is 2. The molecule has 0 radical (unpaired) electrons. The highest BCUT2D eigenvalue weighted by Crippen LogP contribution is 2.35. The second-order valence-corrected chi connectivity index (χ2v) is 7.03. The average molecular weight is 357 g/mol. The monoisotopic (exact) mass is 356 g/mol. The molecule has 3 rings (SSSR count). The molecule has 0 saturated carbocycles. The van der Waals surface area contributed by atoms with E-state index < -0.39 is 6.10 Å². The van der Waals surface area contributed by atoms with Crippen LogP contribution in [0.15, 0.2) is 32.9 Å². The maximum atomic E-state index is 12.1. The number of nitrogens with zero attached hydrogens (tertiary/aromatic N) is 2. The molecule has 0 aliphatic carbocycles. The van der Waals surface area contributed by atoms with Gasteiger partial charge < -0.3 is 15.4 Å². The molecule has 1 aliphatic heterocycles. The molecule has 9 heteroatoms. The Morgan fingerprint density at radius 2 is 2.45 bits per heavy atom. The van der Waals surface area contributed by atoms with E-state index in [1.807, 2.05) is 12.1 Å². The number of anilines is 1. The third kappa shape index (κ3) is 3.96. The molecular formula is C13H13ClN4O2S2. The topological polar surface area (TPSA) is 76.1 Å². The van der Waals surface area contributed by atoms with Gasteiger partial charge in [-0.05, 0) is 18.2 Å². The van der Waals surface area contributed by atoms with E-state index in [-0.39, 0.29) is 5.91 Å². The molecule has 0 spiro atoms. The van der Waals surface area contributed by atoms with Crippen LogP contribution in [0.25, 0.3) is 0 Å². The van der Waals surface area contributed by atoms with Crippen molar-refractivity contribution in [3.05, 3.63) is 28.7 Å². The maximum absolute atomic E-state index is 12.1. The Balaban J connectivity index is 1.65. The van der Waals surface area contributed by atoms with E-state index in [1.165, 1.54) is 23.1 Å². The summed E-state index contributed by atoms with van der Waals surface area (Å²) in [6, 6.07) is 5.38. The van der Waals surface area contributed by atoms with Crippen LogP contribution in [0.1, 0.15) is 0 Å². The summed E-state index contributed by atoms with van der Waals surface area (Å²) in [6.45, 7) is 1.83. The van der Waals surface area contributed by atoms with Crippen molar-refractivity contribution in [2.45, 2.75) is 15.3 Å². The number of amides is 1. The highest BCUT2D eigenvalue weighted by Gasteiger charge is 2.21. The summed E-state index contributed by atoms with van der Waals surface area (Å²) in [5.41, 5.74) is 2.31. The van der Waals surface area contributed by atoms with Crippen molar-refractivity contribution in [3.63, 3.8) is 0 Å². The Labute approximate surface area is 140 Å². The third-order valence-electron chi connectivity index (χ3n) is 2.96. The van der Waals surface area contributed by atoms with Crippen LogP contribution in [0.4, 0.5) is 5.69 Å². The lowest BCUT2D eigenvalue weighted by atomic mass is 10.2. The van der Waals surface area contributed by atoms with Crippen LogP contribution in [-0.4, -0.2) is 41.9 Å². The Morgan fingerprint density at radius 3 is 3.14 bits per heavy atom. The summed E-state index contributed by atoms with van der Waals surface area (Å²) in [5.74, 6) is -0.173. The second kappa shape index (κ2) is 7.38. The lowest BCUT2D eigenvalue weighted by Gasteiger charge is -2.22. The normalized spacial score (nSPS) is 18.1. The van der Waals surface area contributed by atoms with Crippen molar-refractivity contribution < 1.29 is 9.53 Å². The van der Waals surface area contributed by atoms with Gasteiger partial charge in [-0.1, -0.05) is 34.7 Å². The van der Waals surface area contributed by atoms with Gasteiger partial charge in [0, 0.05) is 23.7 Å². The molecule has 2 heterocycles. The van der Waals surface area contributed by atoms with Crippen molar-refractivity contribution in [1.29, 1.82) is 0 Å². The summed E-state index contributed by atoms with van der Waals surface area (Å²) >= 11 is 9.15. The number of ether oxygens (including phenoxy) is 1. The fraction of sp³-hybridized carbons (Fsp3) is 0.308. The molecule has 1 fully saturated rings. The number of carbonyl (C=O) groups excluding carboxylic acids is 1. The van der Waals surface area contributed by atoms with Crippen LogP contribution in [0.2, 0.25) is 5.02 Å². The third-order valence-corrected chi connectivity index (χ3v) is 5.24. The summed E-state index contributed by atoms with van der Waals surface area (Å²) in [4.78, 5) is 12.9. The van der Waals surface area contributed by atoms with Crippen molar-refractivity contribution in [2.24, 2.45) is 0 Å². The smallest absolute Gasteiger partial charge is 0.254 e. The quantitative estimate of drug-likeness (QED) is 0.875. The van der Waals surface area contributed by atoms with Gasteiger partial charge in [0.1, 0.15) is 11.6 Å². The lowest BCUT2D eigenvalue weighted by Crippen LogP contribution is -2.45. The first-order chi connectivity index (χ1) is 10.7. The first-order valence-electron chi connectivity index (χ1n) is 6.59. The fourth-order valence-corrected chi connectivity index (χ4v) is 3.65. The molecule has 1 saturated heterocycles. The molecule has 22 heavy (non-hydrogen) atoms. The van der Waals surface area contributed by atoms with E-state index in [1.54, 1.807) is 11.6 Å². The van der Waals surface area contributed by atoms with Crippen molar-refractivity contribution >= 4 is 46.3 Å². The van der Waals surface area contributed by atoms with Crippen LogP contribution < -0.4 is 10.6 Å². The molecule has 1 aromatic carbocycles. The molecule has 1 atom stereocenters. The van der Waals surface area contributed by atoms with E-state index in [4.69, 9.17) is 16.3 Å². The van der Waals surface area contributed by atoms with E-state index in [0.29, 0.717) is 23.9 Å². The molecule has 1 aromatic heterocycles. The number of morpholine rings is 1. The van der Waals surface area contributed by atoms with Crippen LogP contribution >= 0.6 is 34.7 Å². The molecule has 1 amide bonds. The second-order valence-electron chi connectivity index (χ2n) is 4.50. The van der Waals surface area contributed by atoms with Crippen molar-refractivity contribution in [3.8, 4) is 0 Å². The minimum Gasteiger partial charge on any atom is -0.366 e. The predicted molar refractivity (Wildman–Crippen MR) is 86.7 cm³/mol. The average Bonchev–Trinajstić information content (AvgIpc) is 3.04. The predicted octanol–water partition coefficient (Wildman–Crippen LogP) is 2.27. The molecule has 1 aliphatic rings. The standard InChI is InChI=1S/C13H13ClN4O2S2/c14-9-5-8(17-12(19)10-6-15-3-4-20-10)1-2-11(9)22-13-18-16-7-21-13/h1-2,5,7,10,15H,3-4,6H2,(H,17,19). The maximum Gasteiger partial charge on any atom is 0.254 e. The van der Waals surface area contributed by atoms with Crippen LogP contribution in [0, 0.1) is 0 Å². The van der Waals surface area contributed by atoms with E-state index in [9.17, 15) is 4.79 Å². The summed E-state index contributed by atoms with van der Waals surface area (Å²) in [5, 5.41) is 14.2. The van der Waals surface area contributed by atoms with Gasteiger partial charge in [0.25, 0.3) is 5.91 Å². The number of nitrogens with one attached hydrogen (secondary N) is 2. The number of benzene rings is 1. The zero-order valence-electron chi connectivity index (χ0n) is 11.4. The molecular weight excluding hydrogens is 344 g/mol. The number of rotatable bonds is 4. The molecule has 1 unspecified atom stereocenters. The van der Waals surface area contributed by atoms with Gasteiger partial charge >= 0.3 is 0 Å². The SMILES string of the molecule is O=C(Nc1ccc(Sc2nncs2)c(Cl)c1)C1CNCCO1. The Kier molecular flexibility index (Phi) is 5.27. The molecule has 6 nitrogen and oxygen atoms in total. The first kappa shape index (κ1) is 15.7. The number of hydrogen-bond acceptors (Lipinski definition) is 7. The Bertz CT molecular complexity index is 647. The lowest BCUT2D eigenvalue weighted by molar-refractivity contribution is -0.128. The van der Waals surface area contributed by atoms with Gasteiger partial charge in [0.05, 0.1) is 11.6 Å². The van der Waals surface area contributed by atoms with Crippen LogP contribution in [0.3, 0.4) is 0 Å². The van der Waals surface area contributed by atoms with Gasteiger partial charge in [0.15, 0.2) is 4.34 Å². The summed E-state index contributed by atoms with van der Waals surface area (Å²) < 4.78 is 6.23. The first-order valence-corrected chi connectivity index (χ1v) is 8.66. The number of hydrogen-bond donors (Lipinski definition) is 2. The van der Waals surface area contributed by atoms with Crippen LogP contribution in [0.5, 0.6) is 0 Å². The van der Waals surface area contributed by atoms with E-state index >= 15 is 0 Å². The molecule has 2 N–H and O–H groups in total. The number of halogens is 1. The molecule has 0 bridgehead atoms. The summed E-state index contributed by atoms with van der Waals surface area (Å²) in [7, 11) is 0. The zero-order chi connectivity index (χ0) is 15.4. The van der Waals surface area contributed by atoms with Crippen molar-refractivity contribution in [1.82, 2.24) is 15.5 Å². The summed E-state index contributed by atoms with van der Waals surface area (Å²) in [6.07, 6.45) is -0.469. The van der Waals surface area contributed by atoms with Gasteiger partial charge in [-0.3, -0.25) is 4.79 Å². The number of carbonyl (C=O) groups is 1. The Hall–Kier alpha value is -1.19. The zero-order valence-corrected chi connectivity index (χ0v) is 13.8. The highest BCUT2D eigenvalue weighted by atomic mass is 35.5. The van der Waals surface area contributed by atoms with Gasteiger partial charge in [-0.25, -0.2) is 0 Å². The van der Waals surface area contributed by atoms with Crippen molar-refractivity contribution in [2.75, 3.05) is 25.0 Å². The minimum absolute atomic E-state index is 0.173. The molecule has 116 valence electrons. The van der Waals surface area contributed by atoms with E-state index in [2.05, 4.69) is 20.8 Å². The van der Waals surface area contributed by atoms with Gasteiger partial charge in [0.2, 0.25) is 0 Å². The Morgan fingerprint density at radius 1 is 1.55 bits per heavy atom.